The number of aryl methyl sites for hydroxylation is 1. The number of aromatic carboxylic acids is 1. The number of amides is 3. The molecule has 1 unspecified atom stereocenters. The molecule has 3 N–H and O–H groups in total. The maximum absolute atomic E-state index is 13.9. The number of fused-ring (bicyclic) bond motifs is 3. The van der Waals surface area contributed by atoms with Gasteiger partial charge in [-0.1, -0.05) is 75.4 Å². The maximum Gasteiger partial charge on any atom is 0.355 e. The normalized spacial score (nSPS) is 19.8. The van der Waals surface area contributed by atoms with Crippen LogP contribution in [0.15, 0.2) is 84.9 Å². The number of anilines is 3. The van der Waals surface area contributed by atoms with E-state index >= 15 is 0 Å². The summed E-state index contributed by atoms with van der Waals surface area (Å²) in [7, 11) is 1.92. The Balaban J connectivity index is 0.711. The fourth-order valence-corrected chi connectivity index (χ4v) is 13.3. The minimum Gasteiger partial charge on any atom is -0.490 e. The van der Waals surface area contributed by atoms with Crippen LogP contribution in [0.3, 0.4) is 0 Å². The van der Waals surface area contributed by atoms with E-state index in [0.717, 1.165) is 124 Å². The highest BCUT2D eigenvalue weighted by Gasteiger charge is 2.34. The number of rotatable bonds is 13. The minimum atomic E-state index is -1.09. The second kappa shape index (κ2) is 21.3. The molecular formula is C61H69N9O6S. The minimum absolute atomic E-state index is 0.00272. The Hall–Kier alpha value is -7.17. The third kappa shape index (κ3) is 10.8. The van der Waals surface area contributed by atoms with Gasteiger partial charge >= 0.3 is 5.97 Å². The lowest BCUT2D eigenvalue weighted by molar-refractivity contribution is -0.134. The molecule has 11 rings (SSSR count). The third-order valence-corrected chi connectivity index (χ3v) is 17.4. The third-order valence-electron chi connectivity index (χ3n) is 16.5. The number of carboxylic acids is 1. The van der Waals surface area contributed by atoms with Crippen LogP contribution in [-0.2, 0) is 35.0 Å². The first-order valence-corrected chi connectivity index (χ1v) is 28.2. The van der Waals surface area contributed by atoms with Gasteiger partial charge in [-0.15, -0.1) is 0 Å². The van der Waals surface area contributed by atoms with Crippen LogP contribution in [-0.4, -0.2) is 98.8 Å². The molecule has 3 amide bonds. The summed E-state index contributed by atoms with van der Waals surface area (Å²) in [6.45, 7) is 16.8. The smallest absolute Gasteiger partial charge is 0.355 e. The molecule has 16 heteroatoms. The van der Waals surface area contributed by atoms with Crippen molar-refractivity contribution in [3.8, 4) is 16.9 Å². The second-order valence-corrected chi connectivity index (χ2v) is 23.9. The van der Waals surface area contributed by atoms with Crippen LogP contribution in [0.4, 0.5) is 16.6 Å². The summed E-state index contributed by atoms with van der Waals surface area (Å²) in [5.41, 5.74) is 9.06. The van der Waals surface area contributed by atoms with Gasteiger partial charge in [0.15, 0.2) is 10.8 Å². The van der Waals surface area contributed by atoms with E-state index in [1.165, 1.54) is 17.8 Å². The number of benzene rings is 4. The monoisotopic (exact) mass is 1060 g/mol. The summed E-state index contributed by atoms with van der Waals surface area (Å²) < 4.78 is 9.70. The van der Waals surface area contributed by atoms with Gasteiger partial charge in [-0.3, -0.25) is 34.6 Å². The summed E-state index contributed by atoms with van der Waals surface area (Å²) in [5.74, 6) is 0.357. The van der Waals surface area contributed by atoms with E-state index in [-0.39, 0.29) is 29.5 Å². The van der Waals surface area contributed by atoms with Gasteiger partial charge < -0.3 is 19.6 Å². The lowest BCUT2D eigenvalue weighted by Gasteiger charge is -2.38. The fraction of sp³-hybridized carbons (Fsp3) is 0.426. The van der Waals surface area contributed by atoms with Gasteiger partial charge in [0.2, 0.25) is 11.8 Å². The van der Waals surface area contributed by atoms with Crippen LogP contribution in [0.1, 0.15) is 127 Å². The predicted molar refractivity (Wildman–Crippen MR) is 303 cm³/mol. The number of imide groups is 1. The highest BCUT2D eigenvalue weighted by molar-refractivity contribution is 7.22. The van der Waals surface area contributed by atoms with E-state index < -0.39 is 17.3 Å². The molecular weight excluding hydrogens is 987 g/mol. The molecule has 2 saturated heterocycles. The van der Waals surface area contributed by atoms with Crippen molar-refractivity contribution in [2.45, 2.75) is 110 Å². The molecule has 6 heterocycles. The Morgan fingerprint density at radius 3 is 2.42 bits per heavy atom. The number of hydrogen-bond donors (Lipinski definition) is 3. The molecule has 400 valence electrons. The van der Waals surface area contributed by atoms with E-state index in [4.69, 9.17) is 14.8 Å². The molecule has 0 spiro atoms. The Kier molecular flexibility index (Phi) is 14.4. The number of thiazole rings is 1. The number of pyridine rings is 1. The Bertz CT molecular complexity index is 3380. The highest BCUT2D eigenvalue weighted by Crippen LogP contribution is 2.43. The number of nitrogens with zero attached hydrogens (tertiary/aromatic N) is 7. The number of ether oxygens (including phenoxy) is 1. The topological polar surface area (TPSA) is 175 Å². The zero-order valence-electron chi connectivity index (χ0n) is 45.0. The molecule has 1 saturated carbocycles. The van der Waals surface area contributed by atoms with Crippen LogP contribution in [0.5, 0.6) is 5.75 Å². The number of carbonyl (C=O) groups excluding carboxylic acids is 3. The molecule has 2 atom stereocenters. The van der Waals surface area contributed by atoms with Crippen LogP contribution in [0.2, 0.25) is 0 Å². The lowest BCUT2D eigenvalue weighted by atomic mass is 9.80. The number of carboxylic acid groups (broad SMARTS) is 1. The summed E-state index contributed by atoms with van der Waals surface area (Å²) >= 11 is 1.44. The van der Waals surface area contributed by atoms with E-state index in [2.05, 4.69) is 88.3 Å². The van der Waals surface area contributed by atoms with E-state index in [0.29, 0.717) is 66.3 Å². The molecule has 77 heavy (non-hydrogen) atoms. The molecule has 0 bridgehead atoms. The zero-order chi connectivity index (χ0) is 53.7. The zero-order valence-corrected chi connectivity index (χ0v) is 45.8. The molecule has 3 aliphatic heterocycles. The summed E-state index contributed by atoms with van der Waals surface area (Å²) in [5, 5.41) is 22.7. The molecule has 3 aromatic heterocycles. The first-order chi connectivity index (χ1) is 37.0. The average molecular weight is 1060 g/mol. The molecule has 4 aliphatic rings. The van der Waals surface area contributed by atoms with Gasteiger partial charge in [-0.05, 0) is 145 Å². The average Bonchev–Trinajstić information content (AvgIpc) is 4.03. The van der Waals surface area contributed by atoms with Crippen molar-refractivity contribution in [3.63, 3.8) is 0 Å². The number of piperidine rings is 1. The van der Waals surface area contributed by atoms with Gasteiger partial charge in [0.25, 0.3) is 5.91 Å². The Labute approximate surface area is 454 Å². The van der Waals surface area contributed by atoms with Crippen LogP contribution >= 0.6 is 11.3 Å². The second-order valence-electron chi connectivity index (χ2n) is 22.9. The molecule has 15 nitrogen and oxygen atoms in total. The number of para-hydroxylation sites is 1. The predicted octanol–water partition coefficient (Wildman–Crippen LogP) is 10.7. The molecule has 0 radical (unpaired) electrons. The largest absolute Gasteiger partial charge is 0.490 e. The number of piperazine rings is 1. The maximum atomic E-state index is 13.9. The first kappa shape index (κ1) is 51.9. The van der Waals surface area contributed by atoms with Gasteiger partial charge in [-0.2, -0.15) is 5.10 Å². The first-order valence-electron chi connectivity index (χ1n) is 27.4. The van der Waals surface area contributed by atoms with Crippen molar-refractivity contribution in [1.29, 1.82) is 0 Å². The van der Waals surface area contributed by atoms with Crippen molar-refractivity contribution in [2.24, 2.45) is 18.9 Å². The van der Waals surface area contributed by atoms with Crippen molar-refractivity contribution in [3.05, 3.63) is 124 Å². The van der Waals surface area contributed by atoms with Gasteiger partial charge in [0.1, 0.15) is 11.6 Å². The van der Waals surface area contributed by atoms with Gasteiger partial charge in [-0.25, -0.2) is 14.8 Å². The van der Waals surface area contributed by atoms with Crippen LogP contribution < -0.4 is 25.2 Å². The van der Waals surface area contributed by atoms with E-state index in [1.807, 2.05) is 73.3 Å². The number of nitrogens with one attached hydrogen (secondary N) is 2. The van der Waals surface area contributed by atoms with E-state index in [9.17, 15) is 24.3 Å². The molecule has 1 aliphatic carbocycles. The Morgan fingerprint density at radius 2 is 1.66 bits per heavy atom. The molecule has 3 fully saturated rings. The quantitative estimate of drug-likeness (QED) is 0.0934. The Morgan fingerprint density at radius 1 is 0.883 bits per heavy atom. The van der Waals surface area contributed by atoms with Crippen molar-refractivity contribution >= 4 is 72.8 Å². The summed E-state index contributed by atoms with van der Waals surface area (Å²) in [6.07, 6.45) is 6.94. The number of aromatic nitrogens is 4. The number of hydrogen-bond acceptors (Lipinski definition) is 12. The van der Waals surface area contributed by atoms with Gasteiger partial charge in [0, 0.05) is 81.5 Å². The number of carbonyl (C=O) groups is 4. The standard InChI is InChI=1S/C61H69N9O6S/c1-36(34-68-27-29-69(30-28-68)40-19-22-44-49(32-40)67(6)66-55(44)45-23-24-53(71)64-58(45)73)31-38-17-20-41(21-18-38)76-50-15-10-12-42(37(50)2)54-47(61(3,4)5)33-52(63-56(54)59(74)75)70-26-25-39-11-9-13-43(46(39)35-70)57(72)65-60-62-48-14-7-8-16-51(48)77-60/h7-16,19,22,32-33,36,38,41,45H,17-18,20-21,23-31,34-35H2,1-6H3,(H,74,75)(H,62,65,72)(H,64,71,73)/t36-,38?,41?,45?/m1/s1. The van der Waals surface area contributed by atoms with Crippen LogP contribution in [0.25, 0.3) is 32.2 Å². The fourth-order valence-electron chi connectivity index (χ4n) is 12.4. The SMILES string of the molecule is Cc1c(OC2CCC(C[C@@H](C)CN3CCN(c4ccc5c(C6CCC(=O)NC6=O)nn(C)c5c4)CC3)CC2)cccc1-c1c(C(C)(C)C)cc(N2CCc3cccc(C(=O)Nc4nc5ccccc5s4)c3C2)nc1C(=O)O. The summed E-state index contributed by atoms with van der Waals surface area (Å²) in [6, 6.07) is 28.1. The van der Waals surface area contributed by atoms with Crippen molar-refractivity contribution in [2.75, 3.05) is 54.4 Å². The van der Waals surface area contributed by atoms with Crippen LogP contribution in [0, 0.1) is 18.8 Å². The summed E-state index contributed by atoms with van der Waals surface area (Å²) in [4.78, 5) is 68.4. The van der Waals surface area contributed by atoms with Gasteiger partial charge in [0.05, 0.1) is 33.4 Å². The molecule has 4 aromatic carbocycles. The lowest BCUT2D eigenvalue weighted by Crippen LogP contribution is -2.47. The molecule has 7 aromatic rings. The highest BCUT2D eigenvalue weighted by atomic mass is 32.1. The van der Waals surface area contributed by atoms with Crippen molar-refractivity contribution in [1.82, 2.24) is 30.0 Å². The van der Waals surface area contributed by atoms with E-state index in [1.54, 1.807) is 0 Å². The van der Waals surface area contributed by atoms with Crippen molar-refractivity contribution < 1.29 is 29.0 Å².